The van der Waals surface area contributed by atoms with Crippen molar-refractivity contribution in [3.05, 3.63) is 23.3 Å². The molecular weight excluding hydrogens is 330 g/mol. The van der Waals surface area contributed by atoms with Crippen molar-refractivity contribution in [1.29, 1.82) is 0 Å². The number of hydrogen-bond acceptors (Lipinski definition) is 5. The zero-order valence-corrected chi connectivity index (χ0v) is 14.8. The molecule has 0 saturated carbocycles. The number of rotatable bonds is 5. The first kappa shape index (κ1) is 17.1. The number of carbonyl (C=O) groups excluding carboxylic acids is 1. The van der Waals surface area contributed by atoms with Gasteiger partial charge in [0, 0.05) is 24.1 Å². The number of fused-ring (bicyclic) bond motifs is 1. The molecule has 0 aliphatic carbocycles. The molecule has 0 unspecified atom stereocenters. The van der Waals surface area contributed by atoms with E-state index >= 15 is 0 Å². The van der Waals surface area contributed by atoms with E-state index < -0.39 is 15.8 Å². The number of amides is 1. The molecule has 3 rings (SSSR count). The molecule has 2 aliphatic heterocycles. The predicted octanol–water partition coefficient (Wildman–Crippen LogP) is 1.46. The van der Waals surface area contributed by atoms with Crippen molar-refractivity contribution < 1.29 is 22.7 Å². The molecule has 0 spiro atoms. The molecule has 2 aliphatic rings. The van der Waals surface area contributed by atoms with E-state index in [1.807, 2.05) is 26.0 Å². The van der Waals surface area contributed by atoms with Gasteiger partial charge in [0.25, 0.3) is 0 Å². The van der Waals surface area contributed by atoms with Gasteiger partial charge in [0.15, 0.2) is 9.84 Å². The fourth-order valence-corrected chi connectivity index (χ4v) is 4.98. The second-order valence-electron chi connectivity index (χ2n) is 6.45. The summed E-state index contributed by atoms with van der Waals surface area (Å²) in [6.45, 7) is 4.77. The summed E-state index contributed by atoms with van der Waals surface area (Å²) >= 11 is 0. The van der Waals surface area contributed by atoms with Gasteiger partial charge in [0.1, 0.15) is 17.6 Å². The van der Waals surface area contributed by atoms with Crippen molar-refractivity contribution >= 4 is 15.7 Å². The lowest BCUT2D eigenvalue weighted by molar-refractivity contribution is -0.124. The van der Waals surface area contributed by atoms with Crippen molar-refractivity contribution in [3.8, 4) is 11.5 Å². The first-order valence-electron chi connectivity index (χ1n) is 8.31. The Kier molecular flexibility index (Phi) is 4.71. The highest BCUT2D eigenvalue weighted by Crippen LogP contribution is 2.35. The molecule has 1 amide bonds. The Balaban J connectivity index is 1.70. The third-order valence-corrected chi connectivity index (χ3v) is 6.20. The van der Waals surface area contributed by atoms with Crippen molar-refractivity contribution in [3.63, 3.8) is 0 Å². The minimum absolute atomic E-state index is 0.0536. The molecule has 1 aromatic carbocycles. The molecule has 132 valence electrons. The molecule has 1 N–H and O–H groups in total. The van der Waals surface area contributed by atoms with Crippen LogP contribution < -0.4 is 14.8 Å². The highest BCUT2D eigenvalue weighted by atomic mass is 32.2. The highest BCUT2D eigenvalue weighted by molar-refractivity contribution is 7.91. The molecule has 0 bridgehead atoms. The number of hydrogen-bond donors (Lipinski definition) is 1. The normalized spacial score (nSPS) is 24.2. The zero-order chi connectivity index (χ0) is 17.3. The molecule has 1 saturated heterocycles. The first-order chi connectivity index (χ1) is 11.4. The Morgan fingerprint density at radius 1 is 1.42 bits per heavy atom. The minimum atomic E-state index is -3.06. The summed E-state index contributed by atoms with van der Waals surface area (Å²) in [6.07, 6.45) is 1.39. The topological polar surface area (TPSA) is 81.7 Å². The zero-order valence-electron chi connectivity index (χ0n) is 14.0. The Labute approximate surface area is 142 Å². The number of carbonyl (C=O) groups is 1. The molecule has 1 fully saturated rings. The van der Waals surface area contributed by atoms with E-state index in [2.05, 4.69) is 5.32 Å². The predicted molar refractivity (Wildman–Crippen MR) is 90.0 cm³/mol. The molecule has 0 aromatic heterocycles. The molecule has 0 radical (unpaired) electrons. The summed E-state index contributed by atoms with van der Waals surface area (Å²) in [6, 6.07) is 3.89. The number of benzene rings is 1. The first-order valence-corrected chi connectivity index (χ1v) is 10.1. The number of nitrogens with one attached hydrogen (secondary N) is 1. The molecule has 7 heteroatoms. The molecule has 2 atom stereocenters. The van der Waals surface area contributed by atoms with E-state index in [1.54, 1.807) is 0 Å². The largest absolute Gasteiger partial charge is 0.494 e. The van der Waals surface area contributed by atoms with E-state index in [1.165, 1.54) is 0 Å². The van der Waals surface area contributed by atoms with Crippen LogP contribution in [-0.2, 0) is 27.6 Å². The van der Waals surface area contributed by atoms with Gasteiger partial charge in [-0.05, 0) is 32.4 Å². The van der Waals surface area contributed by atoms with Crippen LogP contribution in [0.15, 0.2) is 12.1 Å². The van der Waals surface area contributed by atoms with Crippen LogP contribution in [0.25, 0.3) is 0 Å². The number of sulfone groups is 1. The summed E-state index contributed by atoms with van der Waals surface area (Å²) in [5.74, 6) is 0.957. The van der Waals surface area contributed by atoms with Crippen LogP contribution in [0, 0.1) is 5.92 Å². The molecule has 6 nitrogen and oxygen atoms in total. The van der Waals surface area contributed by atoms with Crippen molar-refractivity contribution in [2.75, 3.05) is 18.1 Å². The van der Waals surface area contributed by atoms with Crippen LogP contribution in [0.4, 0.5) is 0 Å². The van der Waals surface area contributed by atoms with Crippen LogP contribution in [0.5, 0.6) is 11.5 Å². The van der Waals surface area contributed by atoms with Crippen molar-refractivity contribution in [2.24, 2.45) is 5.92 Å². The van der Waals surface area contributed by atoms with Gasteiger partial charge in [-0.3, -0.25) is 4.79 Å². The van der Waals surface area contributed by atoms with E-state index in [0.717, 1.165) is 29.0 Å². The summed E-state index contributed by atoms with van der Waals surface area (Å²) in [5, 5.41) is 2.84. The van der Waals surface area contributed by atoms with Crippen LogP contribution in [-0.4, -0.2) is 38.5 Å². The quantitative estimate of drug-likeness (QED) is 0.867. The van der Waals surface area contributed by atoms with E-state index in [9.17, 15) is 13.2 Å². The van der Waals surface area contributed by atoms with Crippen molar-refractivity contribution in [2.45, 2.75) is 39.3 Å². The number of ether oxygens (including phenoxy) is 2. The van der Waals surface area contributed by atoms with Gasteiger partial charge in [-0.15, -0.1) is 0 Å². The van der Waals surface area contributed by atoms with Crippen molar-refractivity contribution in [1.82, 2.24) is 5.32 Å². The van der Waals surface area contributed by atoms with Gasteiger partial charge in [-0.1, -0.05) is 0 Å². The second-order valence-corrected chi connectivity index (χ2v) is 8.68. The average Bonchev–Trinajstić information content (AvgIpc) is 3.05. The molecule has 24 heavy (non-hydrogen) atoms. The third kappa shape index (κ3) is 3.66. The lowest BCUT2D eigenvalue weighted by Crippen LogP contribution is -2.31. The lowest BCUT2D eigenvalue weighted by Gasteiger charge is -2.14. The third-order valence-electron chi connectivity index (χ3n) is 4.44. The fourth-order valence-electron chi connectivity index (χ4n) is 3.24. The molecular formula is C17H23NO5S. The summed E-state index contributed by atoms with van der Waals surface area (Å²) < 4.78 is 34.5. The maximum atomic E-state index is 12.2. The maximum absolute atomic E-state index is 12.2. The average molecular weight is 353 g/mol. The Morgan fingerprint density at radius 3 is 2.88 bits per heavy atom. The van der Waals surface area contributed by atoms with Gasteiger partial charge in [0.2, 0.25) is 5.91 Å². The van der Waals surface area contributed by atoms with Gasteiger partial charge >= 0.3 is 0 Å². The van der Waals surface area contributed by atoms with E-state index in [-0.39, 0.29) is 23.5 Å². The SMILES string of the molecule is CCOc1cc2c(cc1CNC(=O)[C@H]1CCS(=O)(=O)C1)O[C@H](C)C2. The smallest absolute Gasteiger partial charge is 0.224 e. The Morgan fingerprint density at radius 2 is 2.21 bits per heavy atom. The summed E-state index contributed by atoms with van der Waals surface area (Å²) in [7, 11) is -3.06. The van der Waals surface area contributed by atoms with Crippen LogP contribution in [0.1, 0.15) is 31.4 Å². The van der Waals surface area contributed by atoms with Gasteiger partial charge in [0.05, 0.1) is 24.0 Å². The van der Waals surface area contributed by atoms with Crippen LogP contribution in [0.2, 0.25) is 0 Å². The highest BCUT2D eigenvalue weighted by Gasteiger charge is 2.33. The van der Waals surface area contributed by atoms with Gasteiger partial charge in [-0.25, -0.2) is 8.42 Å². The monoisotopic (exact) mass is 353 g/mol. The van der Waals surface area contributed by atoms with Crippen LogP contribution >= 0.6 is 0 Å². The summed E-state index contributed by atoms with van der Waals surface area (Å²) in [4.78, 5) is 12.2. The maximum Gasteiger partial charge on any atom is 0.224 e. The Bertz CT molecular complexity index is 744. The standard InChI is InChI=1S/C17H23NO5S/c1-3-22-15-7-13-6-11(2)23-16(13)8-14(15)9-18-17(19)12-4-5-24(20,21)10-12/h7-8,11-12H,3-6,9-10H2,1-2H3,(H,18,19)/t11-,12+/m1/s1. The second kappa shape index (κ2) is 6.63. The molecule has 1 aromatic rings. The van der Waals surface area contributed by atoms with E-state index in [4.69, 9.17) is 9.47 Å². The Hall–Kier alpha value is -1.76. The minimum Gasteiger partial charge on any atom is -0.494 e. The lowest BCUT2D eigenvalue weighted by atomic mass is 10.1. The van der Waals surface area contributed by atoms with E-state index in [0.29, 0.717) is 19.6 Å². The van der Waals surface area contributed by atoms with Crippen LogP contribution in [0.3, 0.4) is 0 Å². The summed E-state index contributed by atoms with van der Waals surface area (Å²) in [5.41, 5.74) is 1.96. The fraction of sp³-hybridized carbons (Fsp3) is 0.588. The molecule has 2 heterocycles. The van der Waals surface area contributed by atoms with Gasteiger partial charge < -0.3 is 14.8 Å². The van der Waals surface area contributed by atoms with Gasteiger partial charge in [-0.2, -0.15) is 0 Å².